The number of methoxy groups -OCH3 is 1. The zero-order valence-electron chi connectivity index (χ0n) is 14.7. The Hall–Kier alpha value is -2.54. The molecule has 0 radical (unpaired) electrons. The highest BCUT2D eigenvalue weighted by molar-refractivity contribution is 7.92. The van der Waals surface area contributed by atoms with Crippen molar-refractivity contribution in [2.24, 2.45) is 0 Å². The molecule has 2 aromatic rings. The summed E-state index contributed by atoms with van der Waals surface area (Å²) in [6.45, 7) is 3.69. The molecule has 0 aliphatic carbocycles. The Kier molecular flexibility index (Phi) is 5.69. The van der Waals surface area contributed by atoms with E-state index in [-0.39, 0.29) is 16.8 Å². The van der Waals surface area contributed by atoms with Crippen molar-refractivity contribution < 1.29 is 17.9 Å². The van der Waals surface area contributed by atoms with Gasteiger partial charge < -0.3 is 10.1 Å². The van der Waals surface area contributed by atoms with Crippen LogP contribution in [0.25, 0.3) is 0 Å². The SMILES string of the molecule is COc1ccc(N(C)S(=O)(=O)c2cccc(C(=O)NC(C)C)c2)cc1. The van der Waals surface area contributed by atoms with Crippen molar-refractivity contribution in [2.75, 3.05) is 18.5 Å². The van der Waals surface area contributed by atoms with Gasteiger partial charge in [0.15, 0.2) is 0 Å². The number of nitrogens with one attached hydrogen (secondary N) is 1. The lowest BCUT2D eigenvalue weighted by atomic mass is 10.2. The maximum Gasteiger partial charge on any atom is 0.264 e. The fourth-order valence-electron chi connectivity index (χ4n) is 2.23. The monoisotopic (exact) mass is 362 g/mol. The Bertz CT molecular complexity index is 846. The maximum atomic E-state index is 12.8. The molecule has 25 heavy (non-hydrogen) atoms. The van der Waals surface area contributed by atoms with E-state index in [0.29, 0.717) is 17.0 Å². The fourth-order valence-corrected chi connectivity index (χ4v) is 3.47. The second kappa shape index (κ2) is 7.57. The number of carbonyl (C=O) groups is 1. The first-order chi connectivity index (χ1) is 11.8. The molecular formula is C18H22N2O4S. The second-order valence-electron chi connectivity index (χ2n) is 5.83. The van der Waals surface area contributed by atoms with Crippen LogP contribution in [-0.4, -0.2) is 34.5 Å². The molecule has 0 aromatic heterocycles. The lowest BCUT2D eigenvalue weighted by Crippen LogP contribution is -2.30. The Morgan fingerprint density at radius 2 is 1.76 bits per heavy atom. The molecule has 0 heterocycles. The molecule has 6 nitrogen and oxygen atoms in total. The van der Waals surface area contributed by atoms with E-state index < -0.39 is 10.0 Å². The van der Waals surface area contributed by atoms with Crippen molar-refractivity contribution in [3.8, 4) is 5.75 Å². The van der Waals surface area contributed by atoms with Gasteiger partial charge in [-0.05, 0) is 56.3 Å². The predicted molar refractivity (Wildman–Crippen MR) is 97.6 cm³/mol. The number of hydrogen-bond donors (Lipinski definition) is 1. The molecular weight excluding hydrogens is 340 g/mol. The summed E-state index contributed by atoms with van der Waals surface area (Å²) in [5.74, 6) is 0.334. The number of hydrogen-bond acceptors (Lipinski definition) is 4. The minimum atomic E-state index is -3.78. The zero-order valence-corrected chi connectivity index (χ0v) is 15.5. The molecule has 0 saturated carbocycles. The number of rotatable bonds is 6. The third kappa shape index (κ3) is 4.30. The molecule has 1 amide bonds. The van der Waals surface area contributed by atoms with Crippen molar-refractivity contribution in [3.63, 3.8) is 0 Å². The van der Waals surface area contributed by atoms with Gasteiger partial charge in [-0.3, -0.25) is 9.10 Å². The van der Waals surface area contributed by atoms with Crippen LogP contribution in [0.3, 0.4) is 0 Å². The van der Waals surface area contributed by atoms with Crippen molar-refractivity contribution in [1.82, 2.24) is 5.32 Å². The number of ether oxygens (including phenoxy) is 1. The number of nitrogens with zero attached hydrogens (tertiary/aromatic N) is 1. The van der Waals surface area contributed by atoms with Gasteiger partial charge in [-0.2, -0.15) is 0 Å². The maximum absolute atomic E-state index is 12.8. The minimum absolute atomic E-state index is 0.0327. The van der Waals surface area contributed by atoms with Crippen LogP contribution >= 0.6 is 0 Å². The highest BCUT2D eigenvalue weighted by Crippen LogP contribution is 2.24. The smallest absolute Gasteiger partial charge is 0.264 e. The van der Waals surface area contributed by atoms with Crippen molar-refractivity contribution in [2.45, 2.75) is 24.8 Å². The zero-order chi connectivity index (χ0) is 18.6. The topological polar surface area (TPSA) is 75.7 Å². The number of carbonyl (C=O) groups excluding carboxylic acids is 1. The molecule has 0 saturated heterocycles. The first-order valence-corrected chi connectivity index (χ1v) is 9.23. The average Bonchev–Trinajstić information content (AvgIpc) is 2.60. The highest BCUT2D eigenvalue weighted by Gasteiger charge is 2.22. The molecule has 2 rings (SSSR count). The van der Waals surface area contributed by atoms with Crippen LogP contribution in [0.5, 0.6) is 5.75 Å². The van der Waals surface area contributed by atoms with Gasteiger partial charge in [0.25, 0.3) is 15.9 Å². The van der Waals surface area contributed by atoms with E-state index in [4.69, 9.17) is 4.74 Å². The first-order valence-electron chi connectivity index (χ1n) is 7.79. The minimum Gasteiger partial charge on any atom is -0.497 e. The van der Waals surface area contributed by atoms with Crippen LogP contribution in [-0.2, 0) is 10.0 Å². The van der Waals surface area contributed by atoms with E-state index >= 15 is 0 Å². The van der Waals surface area contributed by atoms with Gasteiger partial charge in [0, 0.05) is 18.7 Å². The van der Waals surface area contributed by atoms with E-state index in [9.17, 15) is 13.2 Å². The molecule has 0 unspecified atom stereocenters. The lowest BCUT2D eigenvalue weighted by molar-refractivity contribution is 0.0943. The summed E-state index contributed by atoms with van der Waals surface area (Å²) in [6.07, 6.45) is 0. The van der Waals surface area contributed by atoms with Crippen molar-refractivity contribution in [1.29, 1.82) is 0 Å². The van der Waals surface area contributed by atoms with E-state index in [2.05, 4.69) is 5.32 Å². The molecule has 0 atom stereocenters. The first kappa shape index (κ1) is 18.8. The molecule has 134 valence electrons. The number of amides is 1. The van der Waals surface area contributed by atoms with Gasteiger partial charge in [0.1, 0.15) is 5.75 Å². The van der Waals surface area contributed by atoms with Crippen LogP contribution in [0.1, 0.15) is 24.2 Å². The summed E-state index contributed by atoms with van der Waals surface area (Å²) in [5.41, 5.74) is 0.802. The Balaban J connectivity index is 2.33. The van der Waals surface area contributed by atoms with Gasteiger partial charge in [-0.1, -0.05) is 6.07 Å². The highest BCUT2D eigenvalue weighted by atomic mass is 32.2. The van der Waals surface area contributed by atoms with Crippen LogP contribution in [0.4, 0.5) is 5.69 Å². The number of benzene rings is 2. The predicted octanol–water partition coefficient (Wildman–Crippen LogP) is 2.66. The van der Waals surface area contributed by atoms with Crippen LogP contribution < -0.4 is 14.4 Å². The summed E-state index contributed by atoms with van der Waals surface area (Å²) >= 11 is 0. The quantitative estimate of drug-likeness (QED) is 0.857. The third-order valence-corrected chi connectivity index (χ3v) is 5.39. The molecule has 0 aliphatic heterocycles. The summed E-state index contributed by atoms with van der Waals surface area (Å²) in [4.78, 5) is 12.2. The van der Waals surface area contributed by atoms with Gasteiger partial charge in [0.05, 0.1) is 17.7 Å². The van der Waals surface area contributed by atoms with Gasteiger partial charge >= 0.3 is 0 Å². The Labute approximate surface area is 148 Å². The van der Waals surface area contributed by atoms with E-state index in [1.54, 1.807) is 43.5 Å². The average molecular weight is 362 g/mol. The van der Waals surface area contributed by atoms with Crippen LogP contribution in [0, 0.1) is 0 Å². The van der Waals surface area contributed by atoms with Crippen molar-refractivity contribution >= 4 is 21.6 Å². The lowest BCUT2D eigenvalue weighted by Gasteiger charge is -2.20. The Morgan fingerprint density at radius 3 is 2.32 bits per heavy atom. The Morgan fingerprint density at radius 1 is 1.12 bits per heavy atom. The van der Waals surface area contributed by atoms with Gasteiger partial charge in [0.2, 0.25) is 0 Å². The summed E-state index contributed by atoms with van der Waals surface area (Å²) in [5, 5.41) is 2.75. The van der Waals surface area contributed by atoms with E-state index in [1.165, 1.54) is 23.5 Å². The van der Waals surface area contributed by atoms with E-state index in [1.807, 2.05) is 13.8 Å². The number of anilines is 1. The largest absolute Gasteiger partial charge is 0.497 e. The molecule has 7 heteroatoms. The summed E-state index contributed by atoms with van der Waals surface area (Å²) in [7, 11) is -0.769. The second-order valence-corrected chi connectivity index (χ2v) is 7.80. The van der Waals surface area contributed by atoms with E-state index in [0.717, 1.165) is 0 Å². The molecule has 0 aliphatic rings. The van der Waals surface area contributed by atoms with Gasteiger partial charge in [-0.15, -0.1) is 0 Å². The number of sulfonamides is 1. The van der Waals surface area contributed by atoms with Gasteiger partial charge in [-0.25, -0.2) is 8.42 Å². The summed E-state index contributed by atoms with van der Waals surface area (Å²) in [6, 6.07) is 12.7. The molecule has 2 aromatic carbocycles. The molecule has 0 fully saturated rings. The molecule has 0 spiro atoms. The summed E-state index contributed by atoms with van der Waals surface area (Å²) < 4.78 is 31.9. The third-order valence-electron chi connectivity index (χ3n) is 3.61. The molecule has 0 bridgehead atoms. The molecule has 1 N–H and O–H groups in total. The normalized spacial score (nSPS) is 11.2. The standard InChI is InChI=1S/C18H22N2O4S/c1-13(2)19-18(21)14-6-5-7-17(12-14)25(22,23)20(3)15-8-10-16(24-4)11-9-15/h5-13H,1-4H3,(H,19,21). The fraction of sp³-hybridized carbons (Fsp3) is 0.278. The van der Waals surface area contributed by atoms with Crippen molar-refractivity contribution in [3.05, 3.63) is 54.1 Å². The van der Waals surface area contributed by atoms with Crippen LogP contribution in [0.2, 0.25) is 0 Å². The van der Waals surface area contributed by atoms with Crippen LogP contribution in [0.15, 0.2) is 53.4 Å².